The van der Waals surface area contributed by atoms with Crippen molar-refractivity contribution in [3.8, 4) is 0 Å². The predicted molar refractivity (Wildman–Crippen MR) is 97.9 cm³/mol. The van der Waals surface area contributed by atoms with Crippen LogP contribution in [0.1, 0.15) is 60.3 Å². The van der Waals surface area contributed by atoms with Crippen LogP contribution in [0.25, 0.3) is 0 Å². The molecule has 1 saturated heterocycles. The van der Waals surface area contributed by atoms with Gasteiger partial charge in [0.15, 0.2) is 0 Å². The maximum Gasteiger partial charge on any atom is 0.423 e. The Balaban J connectivity index is 3.40. The van der Waals surface area contributed by atoms with E-state index in [1.165, 1.54) is 0 Å². The summed E-state index contributed by atoms with van der Waals surface area (Å²) < 4.78 is 92.7. The summed E-state index contributed by atoms with van der Waals surface area (Å²) in [5.41, 5.74) is -2.49. The minimum Gasteiger partial charge on any atom is -0.463 e. The van der Waals surface area contributed by atoms with Crippen LogP contribution in [0.15, 0.2) is 0 Å². The molecule has 31 heavy (non-hydrogen) atoms. The van der Waals surface area contributed by atoms with Crippen molar-refractivity contribution >= 4 is 11.9 Å². The summed E-state index contributed by atoms with van der Waals surface area (Å²) in [5.74, 6) is -2.49. The lowest BCUT2D eigenvalue weighted by molar-refractivity contribution is -0.327. The van der Waals surface area contributed by atoms with Gasteiger partial charge in [0.05, 0.1) is 18.6 Å². The van der Waals surface area contributed by atoms with Crippen molar-refractivity contribution < 1.29 is 50.1 Å². The van der Waals surface area contributed by atoms with Crippen molar-refractivity contribution in [3.05, 3.63) is 0 Å². The third-order valence-electron chi connectivity index (χ3n) is 5.26. The Hall–Kier alpha value is -1.52. The molecule has 0 aliphatic carbocycles. The molecule has 0 aromatic heterocycles. The fraction of sp³-hybridized carbons (Fsp3) is 0.900. The van der Waals surface area contributed by atoms with Gasteiger partial charge in [-0.25, -0.2) is 4.79 Å². The number of hydrogen-bond acceptors (Lipinski definition) is 5. The van der Waals surface area contributed by atoms with Crippen LogP contribution in [0.4, 0.5) is 26.3 Å². The molecule has 0 bridgehead atoms. The van der Waals surface area contributed by atoms with E-state index < -0.39 is 59.9 Å². The van der Waals surface area contributed by atoms with Gasteiger partial charge in [-0.05, 0) is 17.8 Å². The molecule has 2 atom stereocenters. The number of alkyl halides is 6. The van der Waals surface area contributed by atoms with Crippen LogP contribution in [0.2, 0.25) is 0 Å². The number of cyclic esters (lactones) is 1. The number of rotatable bonds is 9. The van der Waals surface area contributed by atoms with Crippen molar-refractivity contribution in [2.24, 2.45) is 16.7 Å². The first-order chi connectivity index (χ1) is 14.0. The fourth-order valence-corrected chi connectivity index (χ4v) is 4.07. The van der Waals surface area contributed by atoms with Gasteiger partial charge >= 0.3 is 24.3 Å². The SMILES string of the molecule is CCC(CC)C(COC(C(F)(F)F)C(F)(F)F)(CC(C)(C)C)C(=O)OC1CCOC1=O. The number of hydrogen-bond donors (Lipinski definition) is 0. The lowest BCUT2D eigenvalue weighted by Gasteiger charge is -2.43. The first-order valence-corrected chi connectivity index (χ1v) is 10.1. The van der Waals surface area contributed by atoms with Gasteiger partial charge in [0.1, 0.15) is 0 Å². The van der Waals surface area contributed by atoms with Crippen molar-refractivity contribution in [2.45, 2.75) is 84.9 Å². The summed E-state index contributed by atoms with van der Waals surface area (Å²) in [7, 11) is 0. The monoisotopic (exact) mass is 464 g/mol. The first kappa shape index (κ1) is 27.5. The van der Waals surface area contributed by atoms with E-state index in [9.17, 15) is 35.9 Å². The van der Waals surface area contributed by atoms with Crippen LogP contribution in [0.5, 0.6) is 0 Å². The molecule has 0 saturated carbocycles. The van der Waals surface area contributed by atoms with Crippen LogP contribution in [-0.2, 0) is 23.8 Å². The summed E-state index contributed by atoms with van der Waals surface area (Å²) in [6, 6.07) is 0. The van der Waals surface area contributed by atoms with Gasteiger partial charge in [0.2, 0.25) is 12.2 Å². The van der Waals surface area contributed by atoms with Crippen LogP contribution < -0.4 is 0 Å². The van der Waals surface area contributed by atoms with Gasteiger partial charge in [-0.3, -0.25) is 4.79 Å². The molecular weight excluding hydrogens is 434 g/mol. The molecule has 0 aromatic carbocycles. The molecule has 1 heterocycles. The molecule has 2 unspecified atom stereocenters. The second-order valence-corrected chi connectivity index (χ2v) is 9.03. The van der Waals surface area contributed by atoms with E-state index in [1.54, 1.807) is 34.6 Å². The quantitative estimate of drug-likeness (QED) is 0.346. The number of ether oxygens (including phenoxy) is 3. The average Bonchev–Trinajstić information content (AvgIpc) is 2.96. The van der Waals surface area contributed by atoms with Crippen LogP contribution in [0, 0.1) is 16.7 Å². The van der Waals surface area contributed by atoms with Crippen molar-refractivity contribution in [1.82, 2.24) is 0 Å². The van der Waals surface area contributed by atoms with Crippen molar-refractivity contribution in [1.29, 1.82) is 0 Å². The summed E-state index contributed by atoms with van der Waals surface area (Å²) in [4.78, 5) is 25.0. The van der Waals surface area contributed by atoms with E-state index in [1.807, 2.05) is 0 Å². The molecule has 5 nitrogen and oxygen atoms in total. The third-order valence-corrected chi connectivity index (χ3v) is 5.26. The van der Waals surface area contributed by atoms with Gasteiger partial charge in [0, 0.05) is 6.42 Å². The van der Waals surface area contributed by atoms with E-state index in [4.69, 9.17) is 9.47 Å². The molecule has 1 rings (SSSR count). The number of carbonyl (C=O) groups is 2. The lowest BCUT2D eigenvalue weighted by Crippen LogP contribution is -2.52. The van der Waals surface area contributed by atoms with E-state index in [2.05, 4.69) is 4.74 Å². The molecule has 1 fully saturated rings. The zero-order valence-corrected chi connectivity index (χ0v) is 18.3. The number of halogens is 6. The summed E-state index contributed by atoms with van der Waals surface area (Å²) >= 11 is 0. The van der Waals surface area contributed by atoms with Gasteiger partial charge < -0.3 is 14.2 Å². The minimum absolute atomic E-state index is 0.00869. The Morgan fingerprint density at radius 2 is 1.58 bits per heavy atom. The largest absolute Gasteiger partial charge is 0.463 e. The summed E-state index contributed by atoms with van der Waals surface area (Å²) in [6.07, 6.45) is -16.2. The van der Waals surface area contributed by atoms with Crippen LogP contribution >= 0.6 is 0 Å². The molecular formula is C20H30F6O5. The van der Waals surface area contributed by atoms with Crippen LogP contribution in [-0.4, -0.2) is 49.7 Å². The van der Waals surface area contributed by atoms with E-state index in [0.29, 0.717) is 0 Å². The number of esters is 2. The third kappa shape index (κ3) is 7.25. The topological polar surface area (TPSA) is 61.8 Å². The van der Waals surface area contributed by atoms with Gasteiger partial charge in [-0.1, -0.05) is 47.5 Å². The van der Waals surface area contributed by atoms with E-state index in [-0.39, 0.29) is 32.3 Å². The standard InChI is InChI=1S/C20H30F6O5/c1-6-12(7-2)18(10-17(3,4)5,16(28)31-13-8-9-29-14(13)27)11-30-15(19(21,22)23)20(24,25)26/h12-13,15H,6-11H2,1-5H3. The fourth-order valence-electron chi connectivity index (χ4n) is 4.07. The Bertz CT molecular complexity index is 607. The Labute approximate surface area is 177 Å². The maximum absolute atomic E-state index is 13.2. The van der Waals surface area contributed by atoms with E-state index in [0.717, 1.165) is 0 Å². The zero-order valence-electron chi connectivity index (χ0n) is 18.3. The first-order valence-electron chi connectivity index (χ1n) is 10.1. The second kappa shape index (κ2) is 9.95. The predicted octanol–water partition coefficient (Wildman–Crippen LogP) is 5.21. The molecule has 0 radical (unpaired) electrons. The second-order valence-electron chi connectivity index (χ2n) is 9.03. The molecule has 0 aromatic rings. The van der Waals surface area contributed by atoms with E-state index >= 15 is 0 Å². The highest BCUT2D eigenvalue weighted by Gasteiger charge is 2.60. The Kier molecular flexibility index (Phi) is 8.84. The van der Waals surface area contributed by atoms with Crippen molar-refractivity contribution in [3.63, 3.8) is 0 Å². The Morgan fingerprint density at radius 3 is 1.94 bits per heavy atom. The van der Waals surface area contributed by atoms with Gasteiger partial charge in [-0.2, -0.15) is 26.3 Å². The summed E-state index contributed by atoms with van der Waals surface area (Å²) in [5, 5.41) is 0. The lowest BCUT2D eigenvalue weighted by atomic mass is 9.65. The number of carbonyl (C=O) groups excluding carboxylic acids is 2. The molecule has 182 valence electrons. The Morgan fingerprint density at radius 1 is 1.06 bits per heavy atom. The molecule has 0 N–H and O–H groups in total. The highest BCUT2D eigenvalue weighted by Crippen LogP contribution is 2.46. The van der Waals surface area contributed by atoms with Crippen LogP contribution in [0.3, 0.4) is 0 Å². The molecule has 0 amide bonds. The molecule has 1 aliphatic heterocycles. The molecule has 1 aliphatic rings. The molecule has 0 spiro atoms. The van der Waals surface area contributed by atoms with Gasteiger partial charge in [-0.15, -0.1) is 0 Å². The zero-order chi connectivity index (χ0) is 24.3. The van der Waals surface area contributed by atoms with Crippen molar-refractivity contribution in [2.75, 3.05) is 13.2 Å². The maximum atomic E-state index is 13.2. The normalized spacial score (nSPS) is 20.2. The highest BCUT2D eigenvalue weighted by molar-refractivity contribution is 5.83. The summed E-state index contributed by atoms with van der Waals surface area (Å²) in [6.45, 7) is 7.31. The minimum atomic E-state index is -5.71. The average molecular weight is 464 g/mol. The van der Waals surface area contributed by atoms with Gasteiger partial charge in [0.25, 0.3) is 0 Å². The highest BCUT2D eigenvalue weighted by atomic mass is 19.4. The smallest absolute Gasteiger partial charge is 0.423 e. The molecule has 11 heteroatoms.